The van der Waals surface area contributed by atoms with Crippen molar-refractivity contribution in [1.82, 2.24) is 0 Å². The molecule has 0 N–H and O–H groups in total. The summed E-state index contributed by atoms with van der Waals surface area (Å²) in [5.74, 6) is 6.18. The number of hydrogen-bond donors (Lipinski definition) is 0. The Morgan fingerprint density at radius 2 is 1.45 bits per heavy atom. The van der Waals surface area contributed by atoms with Gasteiger partial charge in [0.15, 0.2) is 6.29 Å². The molecule has 0 saturated carbocycles. The summed E-state index contributed by atoms with van der Waals surface area (Å²) < 4.78 is 0. The van der Waals surface area contributed by atoms with Gasteiger partial charge in [0.25, 0.3) is 0 Å². The van der Waals surface area contributed by atoms with Gasteiger partial charge in [0, 0.05) is 16.7 Å². The zero-order chi connectivity index (χ0) is 15.8. The smallest absolute Gasteiger partial charge is 0.151 e. The van der Waals surface area contributed by atoms with Gasteiger partial charge in [-0.2, -0.15) is 0 Å². The van der Waals surface area contributed by atoms with E-state index in [1.165, 1.54) is 10.8 Å². The van der Waals surface area contributed by atoms with Gasteiger partial charge in [-0.1, -0.05) is 74.2 Å². The summed E-state index contributed by atoms with van der Waals surface area (Å²) in [4.78, 5) is 10.9. The van der Waals surface area contributed by atoms with E-state index in [1.807, 2.05) is 50.2 Å². The summed E-state index contributed by atoms with van der Waals surface area (Å²) >= 11 is 0. The molecule has 3 aromatic rings. The average molecular weight is 286 g/mol. The van der Waals surface area contributed by atoms with Crippen LogP contribution in [0, 0.1) is 11.8 Å². The second-order valence-corrected chi connectivity index (χ2v) is 4.52. The molecule has 0 atom stereocenters. The first kappa shape index (κ1) is 15.5. The number of hydrogen-bond acceptors (Lipinski definition) is 1. The van der Waals surface area contributed by atoms with Crippen LogP contribution in [0.1, 0.15) is 35.3 Å². The van der Waals surface area contributed by atoms with E-state index in [9.17, 15) is 4.79 Å². The van der Waals surface area contributed by atoms with Gasteiger partial charge in [0.2, 0.25) is 0 Å². The lowest BCUT2D eigenvalue weighted by molar-refractivity contribution is 0.112. The number of rotatable bonds is 1. The van der Waals surface area contributed by atoms with Crippen LogP contribution < -0.4 is 0 Å². The molecule has 0 bridgehead atoms. The molecule has 0 radical (unpaired) electrons. The Morgan fingerprint density at radius 3 is 2.23 bits per heavy atom. The van der Waals surface area contributed by atoms with Crippen molar-refractivity contribution in [2.75, 3.05) is 0 Å². The quantitative estimate of drug-likeness (QED) is 0.450. The first-order valence-electron chi connectivity index (χ1n) is 7.42. The van der Waals surface area contributed by atoms with Gasteiger partial charge < -0.3 is 0 Å². The monoisotopic (exact) mass is 286 g/mol. The molecule has 1 nitrogen and oxygen atoms in total. The second kappa shape index (κ2) is 7.81. The first-order chi connectivity index (χ1) is 10.9. The average Bonchev–Trinajstić information content (AvgIpc) is 2.61. The molecule has 1 heteroatoms. The van der Waals surface area contributed by atoms with Crippen molar-refractivity contribution in [3.8, 4) is 11.8 Å². The van der Waals surface area contributed by atoms with E-state index < -0.39 is 0 Å². The maximum atomic E-state index is 10.9. The summed E-state index contributed by atoms with van der Waals surface area (Å²) in [5, 5.41) is 2.37. The molecule has 0 heterocycles. The SMILES string of the molecule is CC.O=Cc1ccccc1C#Cc1ccc2ccccc2c1. The zero-order valence-electron chi connectivity index (χ0n) is 12.8. The van der Waals surface area contributed by atoms with Crippen molar-refractivity contribution in [2.24, 2.45) is 0 Å². The summed E-state index contributed by atoms with van der Waals surface area (Å²) in [6, 6.07) is 21.7. The molecule has 0 aliphatic rings. The van der Waals surface area contributed by atoms with Crippen molar-refractivity contribution in [1.29, 1.82) is 0 Å². The molecule has 0 fully saturated rings. The summed E-state index contributed by atoms with van der Waals surface area (Å²) in [5.41, 5.74) is 2.33. The Labute approximate surface area is 131 Å². The Hall–Kier alpha value is -2.85. The Morgan fingerprint density at radius 1 is 0.773 bits per heavy atom. The normalized spacial score (nSPS) is 9.18. The molecule has 0 spiro atoms. The molecule has 0 amide bonds. The van der Waals surface area contributed by atoms with Gasteiger partial charge in [0.05, 0.1) is 0 Å². The highest BCUT2D eigenvalue weighted by Crippen LogP contribution is 2.15. The number of carbonyl (C=O) groups is 1. The minimum absolute atomic E-state index is 0.626. The minimum Gasteiger partial charge on any atom is -0.298 e. The molecular formula is C21H18O. The number of fused-ring (bicyclic) bond motifs is 1. The van der Waals surface area contributed by atoms with Crippen molar-refractivity contribution in [3.63, 3.8) is 0 Å². The van der Waals surface area contributed by atoms with Gasteiger partial charge in [0.1, 0.15) is 0 Å². The predicted molar refractivity (Wildman–Crippen MR) is 93.1 cm³/mol. The third-order valence-electron chi connectivity index (χ3n) is 3.18. The fraction of sp³-hybridized carbons (Fsp3) is 0.0952. The molecule has 0 aromatic heterocycles. The van der Waals surface area contributed by atoms with Crippen LogP contribution in [0.5, 0.6) is 0 Å². The van der Waals surface area contributed by atoms with Crippen molar-refractivity contribution in [2.45, 2.75) is 13.8 Å². The molecule has 22 heavy (non-hydrogen) atoms. The molecular weight excluding hydrogens is 268 g/mol. The van der Waals surface area contributed by atoms with E-state index in [0.717, 1.165) is 17.4 Å². The summed E-state index contributed by atoms with van der Waals surface area (Å²) in [6.07, 6.45) is 0.838. The summed E-state index contributed by atoms with van der Waals surface area (Å²) in [7, 11) is 0. The third kappa shape index (κ3) is 3.62. The van der Waals surface area contributed by atoms with E-state index >= 15 is 0 Å². The van der Waals surface area contributed by atoms with Gasteiger partial charge in [-0.3, -0.25) is 4.79 Å². The Balaban J connectivity index is 0.000000847. The first-order valence-corrected chi connectivity index (χ1v) is 7.42. The van der Waals surface area contributed by atoms with Crippen LogP contribution in [-0.2, 0) is 0 Å². The van der Waals surface area contributed by atoms with Crippen LogP contribution >= 0.6 is 0 Å². The Kier molecular flexibility index (Phi) is 5.51. The molecule has 0 aliphatic heterocycles. The molecule has 108 valence electrons. The maximum Gasteiger partial charge on any atom is 0.151 e. The zero-order valence-corrected chi connectivity index (χ0v) is 12.8. The van der Waals surface area contributed by atoms with E-state index in [1.54, 1.807) is 6.07 Å². The van der Waals surface area contributed by atoms with Crippen LogP contribution in [0.3, 0.4) is 0 Å². The van der Waals surface area contributed by atoms with Gasteiger partial charge >= 0.3 is 0 Å². The van der Waals surface area contributed by atoms with E-state index in [4.69, 9.17) is 0 Å². The molecule has 0 saturated heterocycles. The predicted octanol–water partition coefficient (Wildman–Crippen LogP) is 5.08. The summed E-state index contributed by atoms with van der Waals surface area (Å²) in [6.45, 7) is 4.00. The molecule has 0 aliphatic carbocycles. The van der Waals surface area contributed by atoms with Gasteiger partial charge in [-0.25, -0.2) is 0 Å². The number of benzene rings is 3. The standard InChI is InChI=1S/C19H12O.C2H6/c20-14-19-8-4-2-6-17(19)12-10-15-9-11-16-5-1-3-7-18(16)13-15;1-2/h1-9,11,13-14H;1-2H3. The van der Waals surface area contributed by atoms with Crippen LogP contribution in [0.2, 0.25) is 0 Å². The Bertz CT molecular complexity index is 835. The van der Waals surface area contributed by atoms with E-state index in [0.29, 0.717) is 5.56 Å². The fourth-order valence-electron chi connectivity index (χ4n) is 2.12. The van der Waals surface area contributed by atoms with Crippen LogP contribution in [-0.4, -0.2) is 6.29 Å². The van der Waals surface area contributed by atoms with Crippen LogP contribution in [0.25, 0.3) is 10.8 Å². The van der Waals surface area contributed by atoms with E-state index in [-0.39, 0.29) is 0 Å². The van der Waals surface area contributed by atoms with Crippen molar-refractivity contribution in [3.05, 3.63) is 83.4 Å². The van der Waals surface area contributed by atoms with Gasteiger partial charge in [-0.15, -0.1) is 0 Å². The second-order valence-electron chi connectivity index (χ2n) is 4.52. The lowest BCUT2D eigenvalue weighted by Gasteiger charge is -1.98. The largest absolute Gasteiger partial charge is 0.298 e. The molecule has 3 rings (SSSR count). The minimum atomic E-state index is 0.626. The highest BCUT2D eigenvalue weighted by molar-refractivity contribution is 5.84. The van der Waals surface area contributed by atoms with Crippen molar-refractivity contribution < 1.29 is 4.79 Å². The number of carbonyl (C=O) groups excluding carboxylic acids is 1. The lowest BCUT2D eigenvalue weighted by Crippen LogP contribution is -1.85. The highest BCUT2D eigenvalue weighted by atomic mass is 16.1. The highest BCUT2D eigenvalue weighted by Gasteiger charge is 1.96. The lowest BCUT2D eigenvalue weighted by atomic mass is 10.1. The van der Waals surface area contributed by atoms with Crippen molar-refractivity contribution >= 4 is 17.1 Å². The van der Waals surface area contributed by atoms with E-state index in [2.05, 4.69) is 36.1 Å². The fourth-order valence-corrected chi connectivity index (χ4v) is 2.12. The van der Waals surface area contributed by atoms with Crippen LogP contribution in [0.4, 0.5) is 0 Å². The molecule has 0 unspecified atom stereocenters. The van der Waals surface area contributed by atoms with Crippen LogP contribution in [0.15, 0.2) is 66.7 Å². The topological polar surface area (TPSA) is 17.1 Å². The van der Waals surface area contributed by atoms with Gasteiger partial charge in [-0.05, 0) is 29.0 Å². The molecule has 3 aromatic carbocycles. The maximum absolute atomic E-state index is 10.9. The number of aldehydes is 1. The third-order valence-corrected chi connectivity index (χ3v) is 3.18.